The molecule has 0 amide bonds. The van der Waals surface area contributed by atoms with E-state index in [0.717, 1.165) is 0 Å². The normalized spacial score (nSPS) is 36.8. The molecule has 0 saturated carbocycles. The van der Waals surface area contributed by atoms with E-state index in [4.69, 9.17) is 42.4 Å². The molecule has 1 aliphatic heterocycles. The molecular formula is C24H54N2O12Si6. The van der Waals surface area contributed by atoms with Gasteiger partial charge < -0.3 is 42.4 Å². The van der Waals surface area contributed by atoms with Gasteiger partial charge in [-0.1, -0.05) is 0 Å². The quantitative estimate of drug-likeness (QED) is 0.194. The first-order valence-corrected chi connectivity index (χ1v) is 27.8. The topological polar surface area (TPSA) is 151 Å². The molecule has 1 rings (SSSR count). The third-order valence-electron chi connectivity index (χ3n) is 4.70. The Labute approximate surface area is 270 Å². The smallest absolute Gasteiger partial charge is 0.380 e. The third kappa shape index (κ3) is 15.0. The largest absolute Gasteiger partial charge is 0.483 e. The Morgan fingerprint density at radius 3 is 0.795 bits per heavy atom. The van der Waals surface area contributed by atoms with Gasteiger partial charge in [-0.2, -0.15) is 9.32 Å². The molecule has 0 N–H and O–H groups in total. The van der Waals surface area contributed by atoms with Gasteiger partial charge in [-0.05, 0) is 83.1 Å². The van der Waals surface area contributed by atoms with Crippen LogP contribution in [0.15, 0.2) is 9.32 Å². The first-order chi connectivity index (χ1) is 19.2. The molecule has 0 aromatic heterocycles. The van der Waals surface area contributed by atoms with E-state index in [2.05, 4.69) is 9.32 Å². The van der Waals surface area contributed by atoms with Gasteiger partial charge in [0.25, 0.3) is 0 Å². The lowest BCUT2D eigenvalue weighted by molar-refractivity contribution is -0.0259. The summed E-state index contributed by atoms with van der Waals surface area (Å²) < 4.78 is 73.7. The Bertz CT molecular complexity index is 1030. The van der Waals surface area contributed by atoms with Crippen LogP contribution < -0.4 is 0 Å². The summed E-state index contributed by atoms with van der Waals surface area (Å²) >= 11 is 0. The summed E-state index contributed by atoms with van der Waals surface area (Å²) in [5.41, 5.74) is -3.10. The van der Waals surface area contributed by atoms with Crippen molar-refractivity contribution in [1.82, 2.24) is 0 Å². The van der Waals surface area contributed by atoms with Crippen LogP contribution in [-0.2, 0) is 52.0 Å². The molecule has 6 atom stereocenters. The van der Waals surface area contributed by atoms with Gasteiger partial charge in [-0.15, -0.1) is 0 Å². The predicted octanol–water partition coefficient (Wildman–Crippen LogP) is 5.44. The zero-order chi connectivity index (χ0) is 34.9. The van der Waals surface area contributed by atoms with Gasteiger partial charge in [-0.3, -0.25) is 0 Å². The lowest BCUT2D eigenvalue weighted by Gasteiger charge is -2.48. The van der Waals surface area contributed by atoms with E-state index >= 15 is 0 Å². The first kappa shape index (κ1) is 41.7. The van der Waals surface area contributed by atoms with Crippen molar-refractivity contribution >= 4 is 64.8 Å². The maximum absolute atomic E-state index is 11.8. The maximum atomic E-state index is 11.8. The zero-order valence-electron chi connectivity index (χ0n) is 29.8. The number of nitrogens with zero attached hydrogens (tertiary/aromatic N) is 2. The Kier molecular flexibility index (Phi) is 12.9. The van der Waals surface area contributed by atoms with Crippen molar-refractivity contribution in [3.05, 3.63) is 0 Å². The highest BCUT2D eigenvalue weighted by Gasteiger charge is 2.64. The van der Waals surface area contributed by atoms with Crippen LogP contribution in [0.4, 0.5) is 0 Å². The van der Waals surface area contributed by atoms with E-state index in [1.807, 2.05) is 83.1 Å². The van der Waals surface area contributed by atoms with Crippen molar-refractivity contribution in [3.8, 4) is 0 Å². The second-order valence-electron chi connectivity index (χ2n) is 15.1. The molecule has 0 spiro atoms. The van der Waals surface area contributed by atoms with E-state index < -0.39 is 75.1 Å². The van der Waals surface area contributed by atoms with Crippen molar-refractivity contribution in [2.24, 2.45) is 9.32 Å². The Hall–Kier alpha value is -0.339. The average molecular weight is 731 g/mol. The molecule has 0 aromatic rings. The first-order valence-electron chi connectivity index (χ1n) is 14.4. The molecule has 1 saturated heterocycles. The number of isocyanates is 2. The van der Waals surface area contributed by atoms with Gasteiger partial charge >= 0.3 is 52.7 Å². The minimum atomic E-state index is -4.06. The van der Waals surface area contributed by atoms with E-state index in [0.29, 0.717) is 0 Å². The Balaban J connectivity index is 4.23. The van der Waals surface area contributed by atoms with Crippen LogP contribution in [0, 0.1) is 0 Å². The highest BCUT2D eigenvalue weighted by molar-refractivity contribution is 6.90. The molecule has 256 valence electrons. The minimum Gasteiger partial charge on any atom is -0.380 e. The zero-order valence-corrected chi connectivity index (χ0v) is 35.8. The fourth-order valence-electron chi connectivity index (χ4n) is 4.82. The summed E-state index contributed by atoms with van der Waals surface area (Å²) in [5, 5.41) is 0. The molecule has 0 bridgehead atoms. The Morgan fingerprint density at radius 2 is 0.614 bits per heavy atom. The summed E-state index contributed by atoms with van der Waals surface area (Å²) in [6.45, 7) is 31.8. The van der Waals surface area contributed by atoms with Gasteiger partial charge in [0.05, 0.1) is 22.4 Å². The van der Waals surface area contributed by atoms with Crippen LogP contribution in [-0.4, -0.2) is 87.2 Å². The fourth-order valence-corrected chi connectivity index (χ4v) is 31.3. The van der Waals surface area contributed by atoms with Crippen LogP contribution >= 0.6 is 0 Å². The van der Waals surface area contributed by atoms with Gasteiger partial charge in [-0.25, -0.2) is 9.59 Å². The highest BCUT2D eigenvalue weighted by Crippen LogP contribution is 2.38. The van der Waals surface area contributed by atoms with Crippen LogP contribution in [0.3, 0.4) is 0 Å². The maximum Gasteiger partial charge on any atom is 0.483 e. The standard InChI is InChI=1S/C24H54N2O12Si6/c1-21(2,3)29-41(15)34-39(13,25-19-27)33-40(14,26-20-28)35-42(16,30-22(4,5)6)37-44(18,32-24(10,11)12)38-43(17,36-41)31-23(7,8)9/h1-18H3. The van der Waals surface area contributed by atoms with Crippen LogP contribution in [0.5, 0.6) is 0 Å². The van der Waals surface area contributed by atoms with Crippen molar-refractivity contribution in [1.29, 1.82) is 0 Å². The van der Waals surface area contributed by atoms with E-state index in [9.17, 15) is 9.59 Å². The summed E-state index contributed by atoms with van der Waals surface area (Å²) in [6.07, 6.45) is 3.07. The van der Waals surface area contributed by atoms with Gasteiger partial charge in [0.15, 0.2) is 0 Å². The predicted molar refractivity (Wildman–Crippen MR) is 176 cm³/mol. The second-order valence-corrected chi connectivity index (χ2v) is 31.8. The molecule has 0 aromatic carbocycles. The molecule has 0 radical (unpaired) electrons. The van der Waals surface area contributed by atoms with E-state index in [1.165, 1.54) is 25.3 Å². The molecule has 14 nitrogen and oxygen atoms in total. The van der Waals surface area contributed by atoms with Crippen LogP contribution in [0.2, 0.25) is 39.3 Å². The van der Waals surface area contributed by atoms with Crippen molar-refractivity contribution in [2.45, 2.75) is 145 Å². The fraction of sp³-hybridized carbons (Fsp3) is 0.917. The SMILES string of the molecule is CC(C)(C)O[Si]1(C)O[Si](C)(N=C=O)O[Si](C)(N=C=O)O[Si](C)(OC(C)(C)C)O[Si](C)(OC(C)(C)C)O[Si](C)(OC(C)(C)C)O1. The van der Waals surface area contributed by atoms with Gasteiger partial charge in [0, 0.05) is 39.3 Å². The minimum absolute atomic E-state index is 0.756. The summed E-state index contributed by atoms with van der Waals surface area (Å²) in [6, 6.07) is 0. The van der Waals surface area contributed by atoms with Crippen LogP contribution in [0.1, 0.15) is 83.1 Å². The number of carbonyl (C=O) groups excluding carboxylic acids is 2. The van der Waals surface area contributed by atoms with Gasteiger partial charge in [0.2, 0.25) is 12.2 Å². The third-order valence-corrected chi connectivity index (χ3v) is 27.6. The lowest BCUT2D eigenvalue weighted by Crippen LogP contribution is -2.71. The molecule has 44 heavy (non-hydrogen) atoms. The average Bonchev–Trinajstić information content (AvgIpc) is 2.57. The van der Waals surface area contributed by atoms with E-state index in [-0.39, 0.29) is 0 Å². The van der Waals surface area contributed by atoms with Crippen molar-refractivity contribution in [3.63, 3.8) is 0 Å². The second kappa shape index (κ2) is 13.6. The van der Waals surface area contributed by atoms with Crippen molar-refractivity contribution in [2.75, 3.05) is 0 Å². The highest BCUT2D eigenvalue weighted by atomic mass is 28.5. The molecule has 1 aliphatic rings. The lowest BCUT2D eigenvalue weighted by atomic mass is 10.2. The Morgan fingerprint density at radius 1 is 0.409 bits per heavy atom. The number of hydrogen-bond donors (Lipinski definition) is 0. The molecule has 0 aliphatic carbocycles. The molecule has 1 heterocycles. The number of hydrogen-bond acceptors (Lipinski definition) is 14. The summed E-state index contributed by atoms with van der Waals surface area (Å²) in [4.78, 5) is 23.5. The molecular weight excluding hydrogens is 677 g/mol. The molecule has 6 unspecified atom stereocenters. The molecule has 20 heteroatoms. The van der Waals surface area contributed by atoms with Gasteiger partial charge in [0.1, 0.15) is 0 Å². The summed E-state index contributed by atoms with van der Waals surface area (Å²) in [5.74, 6) is 0. The summed E-state index contributed by atoms with van der Waals surface area (Å²) in [7, 11) is -23.8. The molecule has 1 fully saturated rings. The number of rotatable bonds is 6. The van der Waals surface area contributed by atoms with Crippen LogP contribution in [0.25, 0.3) is 0 Å². The monoisotopic (exact) mass is 730 g/mol. The van der Waals surface area contributed by atoms with Crippen molar-refractivity contribution < 1.29 is 52.0 Å². The van der Waals surface area contributed by atoms with E-state index in [1.54, 1.807) is 26.2 Å².